The Bertz CT molecular complexity index is 1030. The molecule has 1 aromatic heterocycles. The maximum absolute atomic E-state index is 12.9. The Morgan fingerprint density at radius 1 is 1.28 bits per heavy atom. The number of carbonyl (C=O) groups is 2. The minimum atomic E-state index is -0.615. The van der Waals surface area contributed by atoms with Gasteiger partial charge >= 0.3 is 6.09 Å². The predicted molar refractivity (Wildman–Crippen MR) is 117 cm³/mol. The largest absolute Gasteiger partial charge is 0.444 e. The summed E-state index contributed by atoms with van der Waals surface area (Å²) in [4.78, 5) is 35.4. The lowest BCUT2D eigenvalue weighted by Gasteiger charge is -2.28. The van der Waals surface area contributed by atoms with E-state index in [9.17, 15) is 9.59 Å². The zero-order chi connectivity index (χ0) is 23.3. The number of benzene rings is 1. The number of rotatable bonds is 5. The number of likely N-dealkylation sites (tertiary alicyclic amines) is 1. The first-order chi connectivity index (χ1) is 15.2. The van der Waals surface area contributed by atoms with Crippen molar-refractivity contribution < 1.29 is 19.1 Å². The highest BCUT2D eigenvalue weighted by Crippen LogP contribution is 2.23. The van der Waals surface area contributed by atoms with Crippen molar-refractivity contribution in [2.24, 2.45) is 0 Å². The van der Waals surface area contributed by atoms with Crippen molar-refractivity contribution in [3.8, 4) is 17.3 Å². The molecule has 2 aromatic rings. The molecule has 1 aromatic carbocycles. The summed E-state index contributed by atoms with van der Waals surface area (Å²) in [6, 6.07) is 10.2. The van der Waals surface area contributed by atoms with E-state index >= 15 is 0 Å². The average molecular weight is 438 g/mol. The molecule has 0 unspecified atom stereocenters. The number of hydrogen-bond acceptors (Lipinski definition) is 7. The van der Waals surface area contributed by atoms with Crippen LogP contribution in [0.4, 0.5) is 4.79 Å². The molecule has 0 spiro atoms. The standard InChI is InChI=1S/C23H27N5O4/c1-23(2,3)32-22(30)28-12-17(9-18(28)13-31-4)27-21(29)20-10-19(25-14-26-20)16-7-5-6-15(8-16)11-24/h5-8,10,14,17-18H,9,12-13H2,1-4H3,(H,27,29)/t17-,18+/m1/s1. The van der Waals surface area contributed by atoms with Crippen LogP contribution in [-0.4, -0.2) is 64.8 Å². The monoisotopic (exact) mass is 437 g/mol. The molecular weight excluding hydrogens is 410 g/mol. The molecule has 0 bridgehead atoms. The number of nitrogens with one attached hydrogen (secondary N) is 1. The van der Waals surface area contributed by atoms with Crippen LogP contribution in [0.2, 0.25) is 0 Å². The molecule has 2 heterocycles. The Hall–Kier alpha value is -3.51. The van der Waals surface area contributed by atoms with E-state index in [4.69, 9.17) is 14.7 Å². The SMILES string of the molecule is COC[C@@H]1C[C@@H](NC(=O)c2cc(-c3cccc(C#N)c3)ncn2)CN1C(=O)OC(C)(C)C. The number of amides is 2. The van der Waals surface area contributed by atoms with Gasteiger partial charge in [0.05, 0.1) is 30.0 Å². The van der Waals surface area contributed by atoms with Crippen molar-refractivity contribution in [3.63, 3.8) is 0 Å². The van der Waals surface area contributed by atoms with Gasteiger partial charge in [-0.2, -0.15) is 5.26 Å². The molecule has 3 rings (SSSR count). The number of nitriles is 1. The molecule has 0 saturated carbocycles. The lowest BCUT2D eigenvalue weighted by atomic mass is 10.1. The third-order valence-corrected chi connectivity index (χ3v) is 4.92. The summed E-state index contributed by atoms with van der Waals surface area (Å²) in [6.45, 7) is 6.09. The van der Waals surface area contributed by atoms with Gasteiger partial charge in [-0.05, 0) is 45.4 Å². The van der Waals surface area contributed by atoms with Gasteiger partial charge in [-0.3, -0.25) is 4.79 Å². The zero-order valence-corrected chi connectivity index (χ0v) is 18.7. The summed E-state index contributed by atoms with van der Waals surface area (Å²) in [6.07, 6.45) is 1.43. The minimum Gasteiger partial charge on any atom is -0.444 e. The van der Waals surface area contributed by atoms with Gasteiger partial charge in [0.1, 0.15) is 17.6 Å². The van der Waals surface area contributed by atoms with E-state index in [-0.39, 0.29) is 23.7 Å². The fourth-order valence-corrected chi connectivity index (χ4v) is 3.56. The molecule has 168 valence electrons. The molecule has 2 atom stereocenters. The van der Waals surface area contributed by atoms with Gasteiger partial charge in [-0.25, -0.2) is 14.8 Å². The van der Waals surface area contributed by atoms with Gasteiger partial charge in [-0.15, -0.1) is 0 Å². The molecule has 0 aliphatic carbocycles. The Balaban J connectivity index is 1.71. The summed E-state index contributed by atoms with van der Waals surface area (Å²) in [5.41, 5.74) is 1.36. The topological polar surface area (TPSA) is 117 Å². The summed E-state index contributed by atoms with van der Waals surface area (Å²) in [5, 5.41) is 12.0. The molecule has 9 nitrogen and oxygen atoms in total. The van der Waals surface area contributed by atoms with Crippen LogP contribution >= 0.6 is 0 Å². The molecule has 1 fully saturated rings. The Morgan fingerprint density at radius 3 is 2.75 bits per heavy atom. The van der Waals surface area contributed by atoms with Gasteiger partial charge in [0.15, 0.2) is 0 Å². The second-order valence-electron chi connectivity index (χ2n) is 8.63. The number of hydrogen-bond donors (Lipinski definition) is 1. The van der Waals surface area contributed by atoms with Crippen LogP contribution < -0.4 is 5.32 Å². The van der Waals surface area contributed by atoms with Gasteiger partial charge in [0, 0.05) is 25.3 Å². The van der Waals surface area contributed by atoms with E-state index in [2.05, 4.69) is 21.4 Å². The number of nitrogens with zero attached hydrogens (tertiary/aromatic N) is 4. The number of aromatic nitrogens is 2. The summed E-state index contributed by atoms with van der Waals surface area (Å²) in [5.74, 6) is -0.364. The number of methoxy groups -OCH3 is 1. The quantitative estimate of drug-likeness (QED) is 0.764. The van der Waals surface area contributed by atoms with E-state index < -0.39 is 11.7 Å². The van der Waals surface area contributed by atoms with Gasteiger partial charge in [0.2, 0.25) is 0 Å². The second kappa shape index (κ2) is 9.75. The maximum Gasteiger partial charge on any atom is 0.410 e. The van der Waals surface area contributed by atoms with Crippen LogP contribution in [0.5, 0.6) is 0 Å². The fourth-order valence-electron chi connectivity index (χ4n) is 3.56. The number of carbonyl (C=O) groups excluding carboxylic acids is 2. The normalized spacial score (nSPS) is 18.2. The molecule has 1 saturated heterocycles. The molecule has 1 aliphatic rings. The summed E-state index contributed by atoms with van der Waals surface area (Å²) in [7, 11) is 1.57. The first-order valence-electron chi connectivity index (χ1n) is 10.3. The Kier molecular flexibility index (Phi) is 7.05. The Morgan fingerprint density at radius 2 is 2.06 bits per heavy atom. The number of ether oxygens (including phenoxy) is 2. The predicted octanol–water partition coefficient (Wildman–Crippen LogP) is 2.77. The molecule has 32 heavy (non-hydrogen) atoms. The van der Waals surface area contributed by atoms with Crippen molar-refractivity contribution in [2.45, 2.75) is 44.9 Å². The lowest BCUT2D eigenvalue weighted by molar-refractivity contribution is 0.0146. The first kappa shape index (κ1) is 23.2. The molecule has 0 radical (unpaired) electrons. The molecule has 9 heteroatoms. The van der Waals surface area contributed by atoms with E-state index in [1.54, 1.807) is 36.3 Å². The third-order valence-electron chi connectivity index (χ3n) is 4.92. The first-order valence-corrected chi connectivity index (χ1v) is 10.3. The maximum atomic E-state index is 12.9. The van der Waals surface area contributed by atoms with Gasteiger partial charge in [-0.1, -0.05) is 12.1 Å². The molecular formula is C23H27N5O4. The van der Waals surface area contributed by atoms with Crippen LogP contribution in [-0.2, 0) is 9.47 Å². The van der Waals surface area contributed by atoms with Crippen molar-refractivity contribution in [1.82, 2.24) is 20.2 Å². The van der Waals surface area contributed by atoms with Gasteiger partial charge in [0.25, 0.3) is 5.91 Å². The van der Waals surface area contributed by atoms with Crippen molar-refractivity contribution in [2.75, 3.05) is 20.3 Å². The highest BCUT2D eigenvalue weighted by atomic mass is 16.6. The van der Waals surface area contributed by atoms with Crippen LogP contribution in [0.15, 0.2) is 36.7 Å². The van der Waals surface area contributed by atoms with Crippen LogP contribution in [0.1, 0.15) is 43.2 Å². The summed E-state index contributed by atoms with van der Waals surface area (Å²) >= 11 is 0. The van der Waals surface area contributed by atoms with Crippen LogP contribution in [0, 0.1) is 11.3 Å². The van der Waals surface area contributed by atoms with E-state index in [0.717, 1.165) is 5.56 Å². The second-order valence-corrected chi connectivity index (χ2v) is 8.63. The average Bonchev–Trinajstić information content (AvgIpc) is 3.15. The van der Waals surface area contributed by atoms with Crippen LogP contribution in [0.3, 0.4) is 0 Å². The zero-order valence-electron chi connectivity index (χ0n) is 18.7. The molecule has 1 aliphatic heterocycles. The molecule has 2 amide bonds. The smallest absolute Gasteiger partial charge is 0.410 e. The Labute approximate surface area is 187 Å². The van der Waals surface area contributed by atoms with E-state index in [1.165, 1.54) is 6.33 Å². The van der Waals surface area contributed by atoms with E-state index in [0.29, 0.717) is 30.8 Å². The van der Waals surface area contributed by atoms with Crippen molar-refractivity contribution >= 4 is 12.0 Å². The fraction of sp³-hybridized carbons (Fsp3) is 0.435. The van der Waals surface area contributed by atoms with Crippen LogP contribution in [0.25, 0.3) is 11.3 Å². The minimum absolute atomic E-state index is 0.199. The highest BCUT2D eigenvalue weighted by molar-refractivity contribution is 5.93. The lowest BCUT2D eigenvalue weighted by Crippen LogP contribution is -2.43. The highest BCUT2D eigenvalue weighted by Gasteiger charge is 2.38. The summed E-state index contributed by atoms with van der Waals surface area (Å²) < 4.78 is 10.7. The third kappa shape index (κ3) is 5.80. The van der Waals surface area contributed by atoms with Gasteiger partial charge < -0.3 is 19.7 Å². The van der Waals surface area contributed by atoms with Crippen molar-refractivity contribution in [3.05, 3.63) is 47.9 Å². The van der Waals surface area contributed by atoms with E-state index in [1.807, 2.05) is 26.8 Å². The van der Waals surface area contributed by atoms with Crippen molar-refractivity contribution in [1.29, 1.82) is 5.26 Å². The molecule has 1 N–H and O–H groups in total.